The van der Waals surface area contributed by atoms with Crippen LogP contribution in [0.4, 0.5) is 5.13 Å². The maximum absolute atomic E-state index is 10.9. The highest BCUT2D eigenvalue weighted by Crippen LogP contribution is 2.28. The van der Waals surface area contributed by atoms with Crippen LogP contribution in [0.3, 0.4) is 0 Å². The van der Waals surface area contributed by atoms with E-state index in [0.717, 1.165) is 39.8 Å². The zero-order valence-electron chi connectivity index (χ0n) is 10.4. The van der Waals surface area contributed by atoms with Crippen LogP contribution in [0, 0.1) is 0 Å². The number of aromatic nitrogens is 1. The third-order valence-electron chi connectivity index (χ3n) is 2.48. The van der Waals surface area contributed by atoms with Gasteiger partial charge in [0.15, 0.2) is 5.13 Å². The lowest BCUT2D eigenvalue weighted by molar-refractivity contribution is 0.415. The molecule has 0 aliphatic heterocycles. The van der Waals surface area contributed by atoms with Crippen molar-refractivity contribution in [2.75, 3.05) is 31.0 Å². The normalized spacial score (nSPS) is 12.6. The molecule has 1 unspecified atom stereocenters. The van der Waals surface area contributed by atoms with Gasteiger partial charge in [0, 0.05) is 29.4 Å². The summed E-state index contributed by atoms with van der Waals surface area (Å²) in [6, 6.07) is 5.85. The van der Waals surface area contributed by atoms with Gasteiger partial charge in [0.1, 0.15) is 5.75 Å². The van der Waals surface area contributed by atoms with Crippen LogP contribution < -0.4 is 10.1 Å². The quantitative estimate of drug-likeness (QED) is 0.828. The summed E-state index contributed by atoms with van der Waals surface area (Å²) in [7, 11) is 0.943. The SMILES string of the molecule is COc1ccc2nc(NCCCS(C)=O)sc2c1. The molecule has 0 spiro atoms. The minimum atomic E-state index is -0.716. The number of hydrogen-bond donors (Lipinski definition) is 1. The van der Waals surface area contributed by atoms with E-state index < -0.39 is 10.8 Å². The molecule has 0 saturated heterocycles. The minimum absolute atomic E-state index is 0.716. The molecular formula is C12H16N2O2S2. The van der Waals surface area contributed by atoms with Crippen molar-refractivity contribution in [3.05, 3.63) is 18.2 Å². The fourth-order valence-corrected chi connectivity index (χ4v) is 3.05. The Hall–Kier alpha value is -1.14. The van der Waals surface area contributed by atoms with E-state index in [0.29, 0.717) is 0 Å². The highest BCUT2D eigenvalue weighted by atomic mass is 32.2. The Labute approximate surface area is 113 Å². The average Bonchev–Trinajstić information content (AvgIpc) is 2.75. The van der Waals surface area contributed by atoms with Crippen molar-refractivity contribution in [1.82, 2.24) is 4.98 Å². The number of anilines is 1. The lowest BCUT2D eigenvalue weighted by Crippen LogP contribution is -2.05. The van der Waals surface area contributed by atoms with E-state index in [-0.39, 0.29) is 0 Å². The second kappa shape index (κ2) is 6.15. The van der Waals surface area contributed by atoms with Crippen molar-refractivity contribution in [3.63, 3.8) is 0 Å². The summed E-state index contributed by atoms with van der Waals surface area (Å²) in [6.07, 6.45) is 2.62. The number of fused-ring (bicyclic) bond motifs is 1. The fraction of sp³-hybridized carbons (Fsp3) is 0.417. The molecule has 1 aromatic carbocycles. The molecule has 18 heavy (non-hydrogen) atoms. The Bertz CT molecular complexity index is 554. The smallest absolute Gasteiger partial charge is 0.183 e. The average molecular weight is 284 g/mol. The summed E-state index contributed by atoms with van der Waals surface area (Å²) in [5.74, 6) is 1.57. The van der Waals surface area contributed by atoms with Gasteiger partial charge in [0.2, 0.25) is 0 Å². The van der Waals surface area contributed by atoms with Crippen molar-refractivity contribution in [2.45, 2.75) is 6.42 Å². The number of ether oxygens (including phenoxy) is 1. The fourth-order valence-electron chi connectivity index (χ4n) is 1.58. The summed E-state index contributed by atoms with van der Waals surface area (Å²) in [6.45, 7) is 0.802. The molecule has 0 bridgehead atoms. The molecule has 1 heterocycles. The Balaban J connectivity index is 1.99. The predicted octanol–water partition coefficient (Wildman–Crippen LogP) is 2.49. The van der Waals surface area contributed by atoms with Gasteiger partial charge in [0.05, 0.1) is 17.3 Å². The second-order valence-electron chi connectivity index (χ2n) is 3.91. The number of hydrogen-bond acceptors (Lipinski definition) is 5. The van der Waals surface area contributed by atoms with Gasteiger partial charge in [-0.25, -0.2) is 4.98 Å². The van der Waals surface area contributed by atoms with Gasteiger partial charge >= 0.3 is 0 Å². The third kappa shape index (κ3) is 3.43. The number of thiazole rings is 1. The lowest BCUT2D eigenvalue weighted by Gasteiger charge is -1.99. The summed E-state index contributed by atoms with van der Waals surface area (Å²) in [5.41, 5.74) is 0.974. The molecule has 1 atom stereocenters. The molecule has 2 aromatic rings. The maximum atomic E-state index is 10.9. The van der Waals surface area contributed by atoms with Crippen LogP contribution in [0.2, 0.25) is 0 Å². The molecule has 0 fully saturated rings. The number of rotatable bonds is 6. The molecule has 0 aliphatic carbocycles. The first-order chi connectivity index (χ1) is 8.69. The third-order valence-corrected chi connectivity index (χ3v) is 4.32. The summed E-state index contributed by atoms with van der Waals surface area (Å²) in [5, 5.41) is 4.16. The largest absolute Gasteiger partial charge is 0.497 e. The number of nitrogens with one attached hydrogen (secondary N) is 1. The molecular weight excluding hydrogens is 268 g/mol. The number of benzene rings is 1. The minimum Gasteiger partial charge on any atom is -0.497 e. The topological polar surface area (TPSA) is 51.2 Å². The number of nitrogens with zero attached hydrogens (tertiary/aromatic N) is 1. The molecule has 0 amide bonds. The molecule has 98 valence electrons. The summed E-state index contributed by atoms with van der Waals surface area (Å²) in [4.78, 5) is 4.48. The van der Waals surface area contributed by atoms with Crippen LogP contribution in [-0.2, 0) is 10.8 Å². The van der Waals surface area contributed by atoms with Crippen molar-refractivity contribution in [3.8, 4) is 5.75 Å². The molecule has 0 radical (unpaired) electrons. The van der Waals surface area contributed by atoms with E-state index in [9.17, 15) is 4.21 Å². The Morgan fingerprint density at radius 3 is 3.06 bits per heavy atom. The number of methoxy groups -OCH3 is 1. The van der Waals surface area contributed by atoms with E-state index in [1.807, 2.05) is 18.2 Å². The first-order valence-electron chi connectivity index (χ1n) is 5.67. The van der Waals surface area contributed by atoms with Crippen LogP contribution in [-0.4, -0.2) is 34.9 Å². The van der Waals surface area contributed by atoms with Gasteiger partial charge in [-0.15, -0.1) is 0 Å². The van der Waals surface area contributed by atoms with Gasteiger partial charge in [-0.1, -0.05) is 11.3 Å². The molecule has 0 aliphatic rings. The summed E-state index contributed by atoms with van der Waals surface area (Å²) < 4.78 is 17.2. The van der Waals surface area contributed by atoms with Crippen LogP contribution in [0.1, 0.15) is 6.42 Å². The summed E-state index contributed by atoms with van der Waals surface area (Å²) >= 11 is 1.61. The van der Waals surface area contributed by atoms with Gasteiger partial charge in [0.25, 0.3) is 0 Å². The van der Waals surface area contributed by atoms with E-state index in [1.54, 1.807) is 24.7 Å². The van der Waals surface area contributed by atoms with E-state index >= 15 is 0 Å². The Kier molecular flexibility index (Phi) is 4.54. The van der Waals surface area contributed by atoms with Gasteiger partial charge in [-0.3, -0.25) is 4.21 Å². The highest BCUT2D eigenvalue weighted by molar-refractivity contribution is 7.84. The van der Waals surface area contributed by atoms with Crippen molar-refractivity contribution in [2.24, 2.45) is 0 Å². The van der Waals surface area contributed by atoms with Crippen LogP contribution >= 0.6 is 11.3 Å². The van der Waals surface area contributed by atoms with E-state index in [1.165, 1.54) is 0 Å². The van der Waals surface area contributed by atoms with E-state index in [2.05, 4.69) is 10.3 Å². The lowest BCUT2D eigenvalue weighted by atomic mass is 10.3. The molecule has 2 rings (SSSR count). The Morgan fingerprint density at radius 2 is 2.33 bits per heavy atom. The van der Waals surface area contributed by atoms with Crippen molar-refractivity contribution in [1.29, 1.82) is 0 Å². The van der Waals surface area contributed by atoms with Crippen LogP contribution in [0.15, 0.2) is 18.2 Å². The molecule has 0 saturated carbocycles. The first kappa shape index (κ1) is 13.3. The predicted molar refractivity (Wildman–Crippen MR) is 78.2 cm³/mol. The second-order valence-corrected chi connectivity index (χ2v) is 6.50. The molecule has 6 heteroatoms. The van der Waals surface area contributed by atoms with Crippen molar-refractivity contribution >= 4 is 37.5 Å². The van der Waals surface area contributed by atoms with Gasteiger partial charge in [-0.05, 0) is 24.6 Å². The van der Waals surface area contributed by atoms with Crippen LogP contribution in [0.25, 0.3) is 10.2 Å². The van der Waals surface area contributed by atoms with E-state index in [4.69, 9.17) is 4.74 Å². The van der Waals surface area contributed by atoms with Crippen LogP contribution in [0.5, 0.6) is 5.75 Å². The van der Waals surface area contributed by atoms with Gasteiger partial charge < -0.3 is 10.1 Å². The monoisotopic (exact) mass is 284 g/mol. The standard InChI is InChI=1S/C12H16N2O2S2/c1-16-9-4-5-10-11(8-9)17-12(14-10)13-6-3-7-18(2)15/h4-5,8H,3,6-7H2,1-2H3,(H,13,14). The molecule has 4 nitrogen and oxygen atoms in total. The Morgan fingerprint density at radius 1 is 1.50 bits per heavy atom. The maximum Gasteiger partial charge on any atom is 0.183 e. The first-order valence-corrected chi connectivity index (χ1v) is 8.22. The highest BCUT2D eigenvalue weighted by Gasteiger charge is 2.04. The molecule has 1 aromatic heterocycles. The molecule has 1 N–H and O–H groups in total. The zero-order chi connectivity index (χ0) is 13.0. The van der Waals surface area contributed by atoms with Crippen molar-refractivity contribution < 1.29 is 8.95 Å². The zero-order valence-corrected chi connectivity index (χ0v) is 12.1. The van der Waals surface area contributed by atoms with Gasteiger partial charge in [-0.2, -0.15) is 0 Å².